The van der Waals surface area contributed by atoms with Crippen molar-refractivity contribution in [2.75, 3.05) is 25.5 Å². The molecule has 0 radical (unpaired) electrons. The van der Waals surface area contributed by atoms with Crippen LogP contribution >= 0.6 is 15.9 Å². The third kappa shape index (κ3) is 6.40. The first-order valence-corrected chi connectivity index (χ1v) is 11.9. The molecule has 0 aliphatic rings. The number of anilines is 1. The van der Waals surface area contributed by atoms with Crippen molar-refractivity contribution in [3.63, 3.8) is 0 Å². The lowest BCUT2D eigenvalue weighted by atomic mass is 10.1. The fraction of sp³-hybridized carbons (Fsp3) is 0.174. The van der Waals surface area contributed by atoms with E-state index >= 15 is 0 Å². The minimum Gasteiger partial charge on any atom is -0.497 e. The van der Waals surface area contributed by atoms with Crippen LogP contribution < -0.4 is 10.1 Å². The SMILES string of the molecule is COc1ccc(S(=O)(=O)N(CCc2ccccc2)CC(=O)Nc2cccc(Br)c2)cc1. The fourth-order valence-corrected chi connectivity index (χ4v) is 4.80. The van der Waals surface area contributed by atoms with Crippen molar-refractivity contribution in [2.45, 2.75) is 11.3 Å². The summed E-state index contributed by atoms with van der Waals surface area (Å²) in [4.78, 5) is 12.8. The first-order chi connectivity index (χ1) is 14.9. The summed E-state index contributed by atoms with van der Waals surface area (Å²) in [5.41, 5.74) is 1.58. The minimum atomic E-state index is -3.88. The molecule has 0 fully saturated rings. The molecule has 8 heteroatoms. The molecule has 0 saturated carbocycles. The van der Waals surface area contributed by atoms with Crippen LogP contribution in [0.5, 0.6) is 5.75 Å². The van der Waals surface area contributed by atoms with E-state index in [0.29, 0.717) is 17.9 Å². The smallest absolute Gasteiger partial charge is 0.243 e. The Kier molecular flexibility index (Phi) is 7.84. The highest BCUT2D eigenvalue weighted by Gasteiger charge is 2.26. The summed E-state index contributed by atoms with van der Waals surface area (Å²) in [7, 11) is -2.37. The molecule has 0 unspecified atom stereocenters. The number of rotatable bonds is 9. The summed E-state index contributed by atoms with van der Waals surface area (Å²) >= 11 is 3.36. The topological polar surface area (TPSA) is 75.7 Å². The molecule has 3 aromatic rings. The van der Waals surface area contributed by atoms with Gasteiger partial charge in [-0.2, -0.15) is 4.31 Å². The van der Waals surface area contributed by atoms with E-state index in [2.05, 4.69) is 21.2 Å². The van der Waals surface area contributed by atoms with Gasteiger partial charge in [-0.25, -0.2) is 8.42 Å². The number of hydrogen-bond acceptors (Lipinski definition) is 4. The van der Waals surface area contributed by atoms with Gasteiger partial charge in [0.25, 0.3) is 0 Å². The molecule has 0 aromatic heterocycles. The standard InChI is InChI=1S/C23H23BrN2O4S/c1-30-21-10-12-22(13-11-21)31(28,29)26(15-14-18-6-3-2-4-7-18)17-23(27)25-20-9-5-8-19(24)16-20/h2-13,16H,14-15,17H2,1H3,(H,25,27). The Balaban J connectivity index is 1.81. The molecule has 1 amide bonds. The van der Waals surface area contributed by atoms with Crippen LogP contribution in [0.2, 0.25) is 0 Å². The zero-order valence-electron chi connectivity index (χ0n) is 17.0. The monoisotopic (exact) mass is 502 g/mol. The van der Waals surface area contributed by atoms with E-state index in [4.69, 9.17) is 4.74 Å². The highest BCUT2D eigenvalue weighted by atomic mass is 79.9. The lowest BCUT2D eigenvalue weighted by Gasteiger charge is -2.22. The molecule has 0 heterocycles. The van der Waals surface area contributed by atoms with E-state index in [-0.39, 0.29) is 18.0 Å². The van der Waals surface area contributed by atoms with Gasteiger partial charge in [0, 0.05) is 16.7 Å². The maximum Gasteiger partial charge on any atom is 0.243 e. The number of halogens is 1. The van der Waals surface area contributed by atoms with E-state index < -0.39 is 15.9 Å². The first-order valence-electron chi connectivity index (χ1n) is 9.62. The maximum atomic E-state index is 13.3. The van der Waals surface area contributed by atoms with Crippen molar-refractivity contribution in [3.05, 3.63) is 88.9 Å². The van der Waals surface area contributed by atoms with E-state index in [1.54, 1.807) is 30.3 Å². The van der Waals surface area contributed by atoms with Gasteiger partial charge in [0.05, 0.1) is 18.6 Å². The zero-order chi connectivity index (χ0) is 22.3. The highest BCUT2D eigenvalue weighted by Crippen LogP contribution is 2.21. The first kappa shape index (κ1) is 23.0. The van der Waals surface area contributed by atoms with Crippen LogP contribution in [0.25, 0.3) is 0 Å². The molecule has 31 heavy (non-hydrogen) atoms. The third-order valence-electron chi connectivity index (χ3n) is 4.62. The van der Waals surface area contributed by atoms with Gasteiger partial charge in [-0.1, -0.05) is 52.3 Å². The highest BCUT2D eigenvalue weighted by molar-refractivity contribution is 9.10. The zero-order valence-corrected chi connectivity index (χ0v) is 19.4. The van der Waals surface area contributed by atoms with Gasteiger partial charge in [-0.15, -0.1) is 0 Å². The van der Waals surface area contributed by atoms with Crippen LogP contribution in [0.4, 0.5) is 5.69 Å². The number of hydrogen-bond donors (Lipinski definition) is 1. The van der Waals surface area contributed by atoms with Gasteiger partial charge < -0.3 is 10.1 Å². The Morgan fingerprint density at radius 3 is 2.35 bits per heavy atom. The molecule has 0 saturated heterocycles. The van der Waals surface area contributed by atoms with Crippen LogP contribution in [-0.2, 0) is 21.2 Å². The largest absolute Gasteiger partial charge is 0.497 e. The normalized spacial score (nSPS) is 11.3. The van der Waals surface area contributed by atoms with E-state index in [9.17, 15) is 13.2 Å². The van der Waals surface area contributed by atoms with Gasteiger partial charge in [0.15, 0.2) is 0 Å². The lowest BCUT2D eigenvalue weighted by Crippen LogP contribution is -2.39. The number of methoxy groups -OCH3 is 1. The Labute approximate surface area is 191 Å². The Morgan fingerprint density at radius 2 is 1.71 bits per heavy atom. The molecular formula is C23H23BrN2O4S. The number of benzene rings is 3. The average molecular weight is 503 g/mol. The van der Waals surface area contributed by atoms with Crippen molar-refractivity contribution in [2.24, 2.45) is 0 Å². The quantitative estimate of drug-likeness (QED) is 0.472. The Bertz CT molecular complexity index is 1120. The molecule has 0 atom stereocenters. The van der Waals surface area contributed by atoms with Crippen molar-refractivity contribution in [3.8, 4) is 5.75 Å². The van der Waals surface area contributed by atoms with Crippen LogP contribution in [-0.4, -0.2) is 38.8 Å². The van der Waals surface area contributed by atoms with Crippen molar-refractivity contribution in [1.82, 2.24) is 4.31 Å². The molecular weight excluding hydrogens is 480 g/mol. The van der Waals surface area contributed by atoms with Gasteiger partial charge in [0.1, 0.15) is 5.75 Å². The Hall–Kier alpha value is -2.68. The third-order valence-corrected chi connectivity index (χ3v) is 6.97. The molecule has 0 aliphatic heterocycles. The van der Waals surface area contributed by atoms with Crippen LogP contribution in [0, 0.1) is 0 Å². The van der Waals surface area contributed by atoms with Crippen LogP contribution in [0.1, 0.15) is 5.56 Å². The van der Waals surface area contributed by atoms with E-state index in [0.717, 1.165) is 10.0 Å². The molecule has 3 aromatic carbocycles. The summed E-state index contributed by atoms with van der Waals surface area (Å²) in [6.07, 6.45) is 0.486. The minimum absolute atomic E-state index is 0.108. The van der Waals surface area contributed by atoms with Crippen LogP contribution in [0.15, 0.2) is 88.2 Å². The molecule has 0 bridgehead atoms. The van der Waals surface area contributed by atoms with Gasteiger partial charge in [-0.3, -0.25) is 4.79 Å². The molecule has 1 N–H and O–H groups in total. The maximum absolute atomic E-state index is 13.3. The lowest BCUT2D eigenvalue weighted by molar-refractivity contribution is -0.116. The number of carbonyl (C=O) groups is 1. The molecule has 0 aliphatic carbocycles. The van der Waals surface area contributed by atoms with E-state index in [1.807, 2.05) is 36.4 Å². The van der Waals surface area contributed by atoms with Crippen molar-refractivity contribution in [1.29, 1.82) is 0 Å². The van der Waals surface area contributed by atoms with E-state index in [1.165, 1.54) is 23.5 Å². The number of nitrogens with one attached hydrogen (secondary N) is 1. The summed E-state index contributed by atoms with van der Waals surface area (Å²) < 4.78 is 33.7. The predicted molar refractivity (Wildman–Crippen MR) is 125 cm³/mol. The Morgan fingerprint density at radius 1 is 1.00 bits per heavy atom. The van der Waals surface area contributed by atoms with Crippen molar-refractivity contribution < 1.29 is 17.9 Å². The molecule has 6 nitrogen and oxygen atoms in total. The summed E-state index contributed by atoms with van der Waals surface area (Å²) in [5.74, 6) is 0.144. The molecule has 3 rings (SSSR count). The summed E-state index contributed by atoms with van der Waals surface area (Å²) in [6.45, 7) is -0.127. The second kappa shape index (κ2) is 10.6. The average Bonchev–Trinajstić information content (AvgIpc) is 2.77. The van der Waals surface area contributed by atoms with Crippen LogP contribution in [0.3, 0.4) is 0 Å². The number of sulfonamides is 1. The van der Waals surface area contributed by atoms with Gasteiger partial charge in [-0.05, 0) is 54.4 Å². The fourth-order valence-electron chi connectivity index (χ4n) is 3.01. The number of carbonyl (C=O) groups excluding carboxylic acids is 1. The molecule has 162 valence electrons. The second-order valence-corrected chi connectivity index (χ2v) is 9.66. The molecule has 0 spiro atoms. The van der Waals surface area contributed by atoms with Gasteiger partial charge >= 0.3 is 0 Å². The van der Waals surface area contributed by atoms with Crippen molar-refractivity contribution >= 4 is 37.5 Å². The summed E-state index contributed by atoms with van der Waals surface area (Å²) in [6, 6.07) is 22.8. The predicted octanol–water partition coefficient (Wildman–Crippen LogP) is 4.33. The van der Waals surface area contributed by atoms with Gasteiger partial charge in [0.2, 0.25) is 15.9 Å². The number of ether oxygens (including phenoxy) is 1. The second-order valence-electron chi connectivity index (χ2n) is 6.81. The number of nitrogens with zero attached hydrogens (tertiary/aromatic N) is 1. The number of amides is 1. The summed E-state index contributed by atoms with van der Waals surface area (Å²) in [5, 5.41) is 2.76.